The van der Waals surface area contributed by atoms with Crippen LogP contribution in [0.4, 0.5) is 5.69 Å². The number of oxime groups is 1. The van der Waals surface area contributed by atoms with E-state index in [0.29, 0.717) is 24.3 Å². The van der Waals surface area contributed by atoms with Gasteiger partial charge in [-0.25, -0.2) is 8.42 Å². The van der Waals surface area contributed by atoms with Crippen molar-refractivity contribution in [2.45, 2.75) is 13.3 Å². The van der Waals surface area contributed by atoms with Crippen LogP contribution in [0.1, 0.15) is 17.5 Å². The van der Waals surface area contributed by atoms with Gasteiger partial charge in [-0.1, -0.05) is 17.3 Å². The van der Waals surface area contributed by atoms with Crippen molar-refractivity contribution in [3.63, 3.8) is 0 Å². The summed E-state index contributed by atoms with van der Waals surface area (Å²) >= 11 is 0. The zero-order valence-corrected chi connectivity index (χ0v) is 12.3. The van der Waals surface area contributed by atoms with Gasteiger partial charge in [-0.3, -0.25) is 4.72 Å². The molecule has 0 aromatic heterocycles. The maximum atomic E-state index is 11.9. The normalized spacial score (nSPS) is 12.4. The molecule has 0 saturated heterocycles. The molecule has 20 heavy (non-hydrogen) atoms. The predicted octanol–water partition coefficient (Wildman–Crippen LogP) is 0.868. The van der Waals surface area contributed by atoms with E-state index in [1.807, 2.05) is 0 Å². The molecule has 0 aliphatic rings. The average Bonchev–Trinajstić information content (AvgIpc) is 2.40. The number of aryl methyl sites for hydroxylation is 1. The monoisotopic (exact) mass is 301 g/mol. The molecule has 0 saturated carbocycles. The molecule has 0 aliphatic heterocycles. The van der Waals surface area contributed by atoms with E-state index in [0.717, 1.165) is 5.56 Å². The summed E-state index contributed by atoms with van der Waals surface area (Å²) in [5, 5.41) is 11.5. The van der Waals surface area contributed by atoms with E-state index in [-0.39, 0.29) is 11.6 Å². The molecule has 0 atom stereocenters. The quantitative estimate of drug-likeness (QED) is 0.227. The van der Waals surface area contributed by atoms with Crippen LogP contribution in [-0.2, 0) is 14.8 Å². The Kier molecular flexibility index (Phi) is 5.78. The Morgan fingerprint density at radius 3 is 2.80 bits per heavy atom. The van der Waals surface area contributed by atoms with Crippen LogP contribution in [0.25, 0.3) is 0 Å². The molecule has 0 amide bonds. The van der Waals surface area contributed by atoms with Crippen molar-refractivity contribution < 1.29 is 18.4 Å². The molecule has 0 aliphatic carbocycles. The number of ether oxygens (including phenoxy) is 1. The van der Waals surface area contributed by atoms with E-state index in [4.69, 9.17) is 15.7 Å². The first kappa shape index (κ1) is 16.3. The number of hydrogen-bond acceptors (Lipinski definition) is 5. The Balaban J connectivity index is 2.91. The minimum absolute atomic E-state index is 0.0337. The minimum atomic E-state index is -3.45. The lowest BCUT2D eigenvalue weighted by atomic mass is 10.1. The predicted molar refractivity (Wildman–Crippen MR) is 77.6 cm³/mol. The van der Waals surface area contributed by atoms with Gasteiger partial charge < -0.3 is 15.7 Å². The fourth-order valence-electron chi connectivity index (χ4n) is 1.56. The molecule has 0 unspecified atom stereocenters. The number of sulfonamides is 1. The Morgan fingerprint density at radius 1 is 1.50 bits per heavy atom. The van der Waals surface area contributed by atoms with E-state index >= 15 is 0 Å². The summed E-state index contributed by atoms with van der Waals surface area (Å²) in [6.45, 7) is 2.15. The van der Waals surface area contributed by atoms with Crippen LogP contribution in [0.2, 0.25) is 0 Å². The van der Waals surface area contributed by atoms with Gasteiger partial charge in [0.2, 0.25) is 10.0 Å². The van der Waals surface area contributed by atoms with E-state index in [1.54, 1.807) is 19.1 Å². The number of nitrogens with zero attached hydrogens (tertiary/aromatic N) is 1. The highest BCUT2D eigenvalue weighted by atomic mass is 32.2. The molecular formula is C12H19N3O4S. The fraction of sp³-hybridized carbons (Fsp3) is 0.417. The summed E-state index contributed by atoms with van der Waals surface area (Å²) in [4.78, 5) is 0. The maximum Gasteiger partial charge on any atom is 0.232 e. The number of rotatable bonds is 7. The summed E-state index contributed by atoms with van der Waals surface area (Å²) < 4.78 is 31.1. The van der Waals surface area contributed by atoms with Crippen LogP contribution >= 0.6 is 0 Å². The SMILES string of the molecule is COCCCS(=O)(=O)Nc1cc(C(N)=NO)ccc1C. The summed E-state index contributed by atoms with van der Waals surface area (Å²) in [6.07, 6.45) is 0.408. The van der Waals surface area contributed by atoms with Gasteiger partial charge in [0.15, 0.2) is 5.84 Å². The summed E-state index contributed by atoms with van der Waals surface area (Å²) in [5.41, 5.74) is 7.07. The van der Waals surface area contributed by atoms with Gasteiger partial charge in [0.05, 0.1) is 11.4 Å². The zero-order chi connectivity index (χ0) is 15.2. The van der Waals surface area contributed by atoms with Crippen LogP contribution in [-0.4, -0.2) is 38.9 Å². The van der Waals surface area contributed by atoms with E-state index < -0.39 is 10.0 Å². The summed E-state index contributed by atoms with van der Waals surface area (Å²) in [7, 11) is -1.93. The number of amidine groups is 1. The van der Waals surface area contributed by atoms with Gasteiger partial charge in [-0.15, -0.1) is 0 Å². The largest absolute Gasteiger partial charge is 0.409 e. The number of methoxy groups -OCH3 is 1. The van der Waals surface area contributed by atoms with Crippen LogP contribution in [0.5, 0.6) is 0 Å². The highest BCUT2D eigenvalue weighted by molar-refractivity contribution is 7.92. The van der Waals surface area contributed by atoms with Crippen molar-refractivity contribution in [2.75, 3.05) is 24.2 Å². The molecular weight excluding hydrogens is 282 g/mol. The third-order valence-corrected chi connectivity index (χ3v) is 4.03. The Morgan fingerprint density at radius 2 is 2.20 bits per heavy atom. The molecule has 1 rings (SSSR count). The Bertz CT molecular complexity index is 584. The van der Waals surface area contributed by atoms with E-state index in [2.05, 4.69) is 9.88 Å². The second-order valence-corrected chi connectivity index (χ2v) is 6.12. The van der Waals surface area contributed by atoms with Crippen molar-refractivity contribution in [1.82, 2.24) is 0 Å². The molecule has 1 aromatic rings. The van der Waals surface area contributed by atoms with Gasteiger partial charge in [-0.2, -0.15) is 0 Å². The molecule has 112 valence electrons. The van der Waals surface area contributed by atoms with Gasteiger partial charge in [0, 0.05) is 19.3 Å². The highest BCUT2D eigenvalue weighted by Crippen LogP contribution is 2.18. The van der Waals surface area contributed by atoms with Crippen LogP contribution in [0, 0.1) is 6.92 Å². The lowest BCUT2D eigenvalue weighted by Gasteiger charge is -2.11. The van der Waals surface area contributed by atoms with Crippen LogP contribution in [0.3, 0.4) is 0 Å². The van der Waals surface area contributed by atoms with Crippen molar-refractivity contribution >= 4 is 21.5 Å². The third kappa shape index (κ3) is 4.71. The molecule has 0 heterocycles. The van der Waals surface area contributed by atoms with Gasteiger partial charge >= 0.3 is 0 Å². The second-order valence-electron chi connectivity index (χ2n) is 4.28. The smallest absolute Gasteiger partial charge is 0.232 e. The first-order chi connectivity index (χ1) is 9.39. The first-order valence-electron chi connectivity index (χ1n) is 5.97. The number of hydrogen-bond donors (Lipinski definition) is 3. The summed E-state index contributed by atoms with van der Waals surface area (Å²) in [6, 6.07) is 4.87. The molecule has 8 heteroatoms. The number of anilines is 1. The highest BCUT2D eigenvalue weighted by Gasteiger charge is 2.12. The lowest BCUT2D eigenvalue weighted by molar-refractivity contribution is 0.199. The van der Waals surface area contributed by atoms with Crippen LogP contribution in [0.15, 0.2) is 23.4 Å². The molecule has 1 aromatic carbocycles. The Hall–Kier alpha value is -1.80. The summed E-state index contributed by atoms with van der Waals surface area (Å²) in [5.74, 6) is -0.113. The van der Waals surface area contributed by atoms with Crippen molar-refractivity contribution in [3.05, 3.63) is 29.3 Å². The Labute approximate surface area is 118 Å². The average molecular weight is 301 g/mol. The molecule has 0 fully saturated rings. The maximum absolute atomic E-state index is 11.9. The van der Waals surface area contributed by atoms with Crippen molar-refractivity contribution in [1.29, 1.82) is 0 Å². The molecule has 0 radical (unpaired) electrons. The molecule has 0 spiro atoms. The number of nitrogens with two attached hydrogens (primary N) is 1. The zero-order valence-electron chi connectivity index (χ0n) is 11.5. The number of nitrogens with one attached hydrogen (secondary N) is 1. The van der Waals surface area contributed by atoms with Crippen molar-refractivity contribution in [3.8, 4) is 0 Å². The minimum Gasteiger partial charge on any atom is -0.409 e. The van der Waals surface area contributed by atoms with E-state index in [1.165, 1.54) is 13.2 Å². The third-order valence-electron chi connectivity index (χ3n) is 2.67. The first-order valence-corrected chi connectivity index (χ1v) is 7.63. The molecule has 7 nitrogen and oxygen atoms in total. The van der Waals surface area contributed by atoms with Crippen molar-refractivity contribution in [2.24, 2.45) is 10.9 Å². The second kappa shape index (κ2) is 7.11. The van der Waals surface area contributed by atoms with E-state index in [9.17, 15) is 8.42 Å². The topological polar surface area (TPSA) is 114 Å². The fourth-order valence-corrected chi connectivity index (χ4v) is 2.72. The van der Waals surface area contributed by atoms with Gasteiger partial charge in [0.25, 0.3) is 0 Å². The molecule has 0 bridgehead atoms. The lowest BCUT2D eigenvalue weighted by Crippen LogP contribution is -2.19. The van der Waals surface area contributed by atoms with Gasteiger partial charge in [0.1, 0.15) is 0 Å². The number of benzene rings is 1. The molecule has 4 N–H and O–H groups in total. The van der Waals surface area contributed by atoms with Gasteiger partial charge in [-0.05, 0) is 25.0 Å². The van der Waals surface area contributed by atoms with Crippen LogP contribution < -0.4 is 10.5 Å². The standard InChI is InChI=1S/C12H19N3O4S/c1-9-4-5-10(12(13)14-16)8-11(9)15-20(17,18)7-3-6-19-2/h4-5,8,15-16H,3,6-7H2,1-2H3,(H2,13,14).